The van der Waals surface area contributed by atoms with Crippen molar-refractivity contribution in [3.8, 4) is 11.4 Å². The van der Waals surface area contributed by atoms with Gasteiger partial charge in [-0.15, -0.1) is 5.10 Å². The minimum Gasteiger partial charge on any atom is -0.352 e. The molecule has 0 atom stereocenters. The molecule has 22 heavy (non-hydrogen) atoms. The molecule has 0 saturated heterocycles. The largest absolute Gasteiger partial charge is 0.352 e. The molecule has 2 aromatic rings. The van der Waals surface area contributed by atoms with Gasteiger partial charge in [0, 0.05) is 17.7 Å². The molecule has 0 unspecified atom stereocenters. The number of amides is 1. The fourth-order valence-electron chi connectivity index (χ4n) is 2.11. The van der Waals surface area contributed by atoms with Gasteiger partial charge in [0.1, 0.15) is 0 Å². The number of rotatable bonds is 6. The lowest BCUT2D eigenvalue weighted by molar-refractivity contribution is 0.0952. The maximum atomic E-state index is 12.2. The van der Waals surface area contributed by atoms with Gasteiger partial charge in [0.15, 0.2) is 5.82 Å². The van der Waals surface area contributed by atoms with Gasteiger partial charge in [-0.25, -0.2) is 4.68 Å². The van der Waals surface area contributed by atoms with E-state index in [1.165, 1.54) is 0 Å². The molecular formula is C16H23N5O. The fourth-order valence-corrected chi connectivity index (χ4v) is 2.11. The van der Waals surface area contributed by atoms with Crippen LogP contribution in [0, 0.1) is 5.92 Å². The predicted molar refractivity (Wildman–Crippen MR) is 85.4 cm³/mol. The van der Waals surface area contributed by atoms with E-state index in [-0.39, 0.29) is 11.9 Å². The first kappa shape index (κ1) is 16.1. The van der Waals surface area contributed by atoms with Crippen LogP contribution >= 0.6 is 0 Å². The Morgan fingerprint density at radius 2 is 2.05 bits per heavy atom. The molecule has 118 valence electrons. The van der Waals surface area contributed by atoms with E-state index in [1.807, 2.05) is 32.0 Å². The van der Waals surface area contributed by atoms with Crippen LogP contribution in [-0.4, -0.2) is 32.7 Å². The van der Waals surface area contributed by atoms with E-state index in [1.54, 1.807) is 10.7 Å². The highest BCUT2D eigenvalue weighted by Crippen LogP contribution is 2.20. The molecule has 0 saturated carbocycles. The number of carbonyl (C=O) groups is 1. The molecule has 1 aromatic heterocycles. The van der Waals surface area contributed by atoms with Crippen molar-refractivity contribution in [2.75, 3.05) is 6.54 Å². The van der Waals surface area contributed by atoms with Gasteiger partial charge in [0.05, 0.1) is 6.04 Å². The summed E-state index contributed by atoms with van der Waals surface area (Å²) in [4.78, 5) is 12.2. The Bertz CT molecular complexity index is 633. The molecular weight excluding hydrogens is 278 g/mol. The molecule has 0 fully saturated rings. The molecule has 0 aliphatic carbocycles. The molecule has 0 aliphatic rings. The zero-order valence-electron chi connectivity index (χ0n) is 13.6. The molecule has 0 aliphatic heterocycles. The number of hydrogen-bond donors (Lipinski definition) is 1. The van der Waals surface area contributed by atoms with Crippen molar-refractivity contribution in [1.29, 1.82) is 0 Å². The van der Waals surface area contributed by atoms with Crippen molar-refractivity contribution < 1.29 is 4.79 Å². The molecule has 1 amide bonds. The van der Waals surface area contributed by atoms with Gasteiger partial charge in [0.2, 0.25) is 0 Å². The Kier molecular flexibility index (Phi) is 5.25. The summed E-state index contributed by atoms with van der Waals surface area (Å²) < 4.78 is 1.75. The van der Waals surface area contributed by atoms with Gasteiger partial charge in [-0.1, -0.05) is 26.0 Å². The number of carbonyl (C=O) groups excluding carboxylic acids is 1. The van der Waals surface area contributed by atoms with Crippen molar-refractivity contribution in [2.45, 2.75) is 40.2 Å². The molecule has 0 spiro atoms. The zero-order valence-corrected chi connectivity index (χ0v) is 13.6. The minimum absolute atomic E-state index is 0.0638. The topological polar surface area (TPSA) is 72.7 Å². The van der Waals surface area contributed by atoms with E-state index in [4.69, 9.17) is 0 Å². The van der Waals surface area contributed by atoms with Crippen molar-refractivity contribution in [3.05, 3.63) is 29.8 Å². The first-order chi connectivity index (χ1) is 10.5. The Morgan fingerprint density at radius 3 is 2.73 bits per heavy atom. The monoisotopic (exact) mass is 301 g/mol. The van der Waals surface area contributed by atoms with E-state index in [2.05, 4.69) is 34.7 Å². The van der Waals surface area contributed by atoms with Crippen molar-refractivity contribution in [2.24, 2.45) is 5.92 Å². The third-order valence-corrected chi connectivity index (χ3v) is 3.37. The van der Waals surface area contributed by atoms with Crippen LogP contribution in [0.15, 0.2) is 24.3 Å². The third-order valence-electron chi connectivity index (χ3n) is 3.37. The number of tetrazole rings is 1. The lowest BCUT2D eigenvalue weighted by Crippen LogP contribution is -2.25. The molecule has 2 rings (SSSR count). The predicted octanol–water partition coefficient (Wildman–Crippen LogP) is 2.70. The highest BCUT2D eigenvalue weighted by molar-refractivity contribution is 5.95. The van der Waals surface area contributed by atoms with Crippen LogP contribution in [0.5, 0.6) is 0 Å². The van der Waals surface area contributed by atoms with Crippen molar-refractivity contribution in [1.82, 2.24) is 25.5 Å². The van der Waals surface area contributed by atoms with E-state index in [9.17, 15) is 4.79 Å². The van der Waals surface area contributed by atoms with Gasteiger partial charge >= 0.3 is 0 Å². The Morgan fingerprint density at radius 1 is 1.27 bits per heavy atom. The first-order valence-corrected chi connectivity index (χ1v) is 7.65. The third kappa shape index (κ3) is 3.90. The van der Waals surface area contributed by atoms with Gasteiger partial charge < -0.3 is 5.32 Å². The maximum absolute atomic E-state index is 12.2. The van der Waals surface area contributed by atoms with Crippen LogP contribution in [-0.2, 0) is 0 Å². The Hall–Kier alpha value is -2.24. The Balaban J connectivity index is 2.16. The summed E-state index contributed by atoms with van der Waals surface area (Å²) >= 11 is 0. The van der Waals surface area contributed by atoms with Gasteiger partial charge in [-0.05, 0) is 48.7 Å². The van der Waals surface area contributed by atoms with E-state index < -0.39 is 0 Å². The minimum atomic E-state index is -0.0638. The second kappa shape index (κ2) is 7.15. The second-order valence-electron chi connectivity index (χ2n) is 6.06. The average Bonchev–Trinajstić information content (AvgIpc) is 2.96. The van der Waals surface area contributed by atoms with E-state index in [0.29, 0.717) is 23.9 Å². The number of nitrogens with one attached hydrogen (secondary N) is 1. The molecule has 6 nitrogen and oxygen atoms in total. The smallest absolute Gasteiger partial charge is 0.251 e. The van der Waals surface area contributed by atoms with Gasteiger partial charge in [0.25, 0.3) is 5.91 Å². The van der Waals surface area contributed by atoms with Crippen LogP contribution in [0.3, 0.4) is 0 Å². The average molecular weight is 301 g/mol. The molecule has 0 radical (unpaired) electrons. The van der Waals surface area contributed by atoms with Crippen LogP contribution in [0.4, 0.5) is 0 Å². The quantitative estimate of drug-likeness (QED) is 0.890. The summed E-state index contributed by atoms with van der Waals surface area (Å²) in [6, 6.07) is 7.56. The van der Waals surface area contributed by atoms with Gasteiger partial charge in [-0.3, -0.25) is 4.79 Å². The molecule has 1 heterocycles. The summed E-state index contributed by atoms with van der Waals surface area (Å²) in [6.07, 6.45) is 0.969. The second-order valence-corrected chi connectivity index (χ2v) is 6.06. The summed E-state index contributed by atoms with van der Waals surface area (Å²) in [6.45, 7) is 8.99. The summed E-state index contributed by atoms with van der Waals surface area (Å²) in [7, 11) is 0. The van der Waals surface area contributed by atoms with Crippen molar-refractivity contribution in [3.63, 3.8) is 0 Å². The van der Waals surface area contributed by atoms with Crippen LogP contribution in [0.1, 0.15) is 50.5 Å². The summed E-state index contributed by atoms with van der Waals surface area (Å²) in [5.74, 6) is 1.18. The lowest BCUT2D eigenvalue weighted by Gasteiger charge is -2.10. The standard InChI is InChI=1S/C16H23N5O/c1-11(2)8-9-17-16(22)14-7-5-6-13(10-14)15-18-19-20-21(15)12(3)4/h5-7,10-12H,8-9H2,1-4H3,(H,17,22). The summed E-state index contributed by atoms with van der Waals surface area (Å²) in [5.41, 5.74) is 1.47. The van der Waals surface area contributed by atoms with Crippen molar-refractivity contribution >= 4 is 5.91 Å². The van der Waals surface area contributed by atoms with E-state index >= 15 is 0 Å². The number of aromatic nitrogens is 4. The highest BCUT2D eigenvalue weighted by Gasteiger charge is 2.13. The van der Waals surface area contributed by atoms with E-state index in [0.717, 1.165) is 12.0 Å². The molecule has 1 N–H and O–H groups in total. The van der Waals surface area contributed by atoms with Crippen LogP contribution < -0.4 is 5.32 Å². The number of hydrogen-bond acceptors (Lipinski definition) is 4. The lowest BCUT2D eigenvalue weighted by atomic mass is 10.1. The molecule has 1 aromatic carbocycles. The molecule has 0 bridgehead atoms. The SMILES string of the molecule is CC(C)CCNC(=O)c1cccc(-c2nnnn2C(C)C)c1. The summed E-state index contributed by atoms with van der Waals surface area (Å²) in [5, 5.41) is 14.7. The van der Waals surface area contributed by atoms with Gasteiger partial charge in [-0.2, -0.15) is 0 Å². The zero-order chi connectivity index (χ0) is 16.1. The van der Waals surface area contributed by atoms with Crippen LogP contribution in [0.25, 0.3) is 11.4 Å². The van der Waals surface area contributed by atoms with Crippen LogP contribution in [0.2, 0.25) is 0 Å². The number of nitrogens with zero attached hydrogens (tertiary/aromatic N) is 4. The Labute approximate surface area is 130 Å². The number of benzene rings is 1. The first-order valence-electron chi connectivity index (χ1n) is 7.65. The fraction of sp³-hybridized carbons (Fsp3) is 0.500. The molecule has 6 heteroatoms. The highest BCUT2D eigenvalue weighted by atomic mass is 16.1. The normalized spacial score (nSPS) is 11.2. The maximum Gasteiger partial charge on any atom is 0.251 e.